The van der Waals surface area contributed by atoms with Crippen LogP contribution in [0.4, 0.5) is 5.69 Å². The zero-order chi connectivity index (χ0) is 24.6. The van der Waals surface area contributed by atoms with Crippen LogP contribution in [0.15, 0.2) is 90.6 Å². The fourth-order valence-electron chi connectivity index (χ4n) is 3.00. The monoisotopic (exact) mass is 497 g/mol. The molecule has 1 N–H and O–H groups in total. The largest absolute Gasteiger partial charge is 0.490 e. The summed E-state index contributed by atoms with van der Waals surface area (Å²) in [5.41, 5.74) is 4.67. The van der Waals surface area contributed by atoms with E-state index in [2.05, 4.69) is 17.1 Å². The summed E-state index contributed by atoms with van der Waals surface area (Å²) in [5, 5.41) is 4.45. The molecule has 0 aliphatic rings. The molecular weight excluding hydrogens is 474 g/mol. The molecule has 0 aromatic heterocycles. The van der Waals surface area contributed by atoms with Crippen molar-refractivity contribution in [3.8, 4) is 5.75 Å². The number of rotatable bonds is 10. The van der Waals surface area contributed by atoms with Crippen molar-refractivity contribution in [2.24, 2.45) is 5.10 Å². The van der Waals surface area contributed by atoms with Crippen LogP contribution in [0.1, 0.15) is 21.5 Å². The standard InChI is InChI=1S/C25H24ClN3O4S/c1-3-16-33-23-14-8-19(9-15-23)17-27-28-25(30)20-10-12-22(13-11-20)29(34(2,31)32)18-21-6-4-5-7-24(21)26/h3-15,17H,1,16,18H2,2H3,(H,28,30). The van der Waals surface area contributed by atoms with E-state index >= 15 is 0 Å². The van der Waals surface area contributed by atoms with Crippen LogP contribution in [0.25, 0.3) is 0 Å². The second kappa shape index (κ2) is 11.5. The lowest BCUT2D eigenvalue weighted by Gasteiger charge is -2.23. The van der Waals surface area contributed by atoms with Gasteiger partial charge in [0.1, 0.15) is 12.4 Å². The average molecular weight is 498 g/mol. The Morgan fingerprint density at radius 1 is 1.09 bits per heavy atom. The third-order valence-corrected chi connectivity index (χ3v) is 6.23. The molecule has 0 saturated heterocycles. The second-order valence-corrected chi connectivity index (χ2v) is 9.59. The predicted molar refractivity (Wildman–Crippen MR) is 136 cm³/mol. The first-order valence-corrected chi connectivity index (χ1v) is 12.5. The Labute approximate surface area is 204 Å². The zero-order valence-corrected chi connectivity index (χ0v) is 20.1. The number of nitrogens with zero attached hydrogens (tertiary/aromatic N) is 2. The maximum atomic E-state index is 12.4. The maximum absolute atomic E-state index is 12.4. The molecule has 0 aliphatic heterocycles. The molecule has 0 fully saturated rings. The number of hydrogen-bond donors (Lipinski definition) is 1. The number of benzene rings is 3. The summed E-state index contributed by atoms with van der Waals surface area (Å²) in [4.78, 5) is 12.4. The van der Waals surface area contributed by atoms with Gasteiger partial charge in [-0.05, 0) is 65.7 Å². The van der Waals surface area contributed by atoms with Gasteiger partial charge in [-0.3, -0.25) is 9.10 Å². The number of anilines is 1. The summed E-state index contributed by atoms with van der Waals surface area (Å²) in [6, 6.07) is 20.5. The van der Waals surface area contributed by atoms with Crippen molar-refractivity contribution in [3.05, 3.63) is 107 Å². The molecule has 176 valence electrons. The molecule has 3 aromatic carbocycles. The van der Waals surface area contributed by atoms with Crippen LogP contribution in [-0.4, -0.2) is 33.4 Å². The number of halogens is 1. The molecule has 0 atom stereocenters. The number of sulfonamides is 1. The van der Waals surface area contributed by atoms with Crippen LogP contribution in [0.5, 0.6) is 5.75 Å². The van der Waals surface area contributed by atoms with Crippen molar-refractivity contribution in [3.63, 3.8) is 0 Å². The van der Waals surface area contributed by atoms with Crippen LogP contribution in [0.2, 0.25) is 5.02 Å². The first-order chi connectivity index (χ1) is 16.3. The molecule has 3 rings (SSSR count). The Bertz CT molecular complexity index is 1270. The summed E-state index contributed by atoms with van der Waals surface area (Å²) < 4.78 is 31.4. The molecule has 0 spiro atoms. The molecule has 0 radical (unpaired) electrons. The lowest BCUT2D eigenvalue weighted by molar-refractivity contribution is 0.0955. The molecular formula is C25H24ClN3O4S. The van der Waals surface area contributed by atoms with Crippen molar-refractivity contribution in [2.45, 2.75) is 6.54 Å². The summed E-state index contributed by atoms with van der Waals surface area (Å²) in [5.74, 6) is 0.282. The highest BCUT2D eigenvalue weighted by molar-refractivity contribution is 7.92. The Morgan fingerprint density at radius 3 is 2.38 bits per heavy atom. The van der Waals surface area contributed by atoms with Crippen molar-refractivity contribution in [1.29, 1.82) is 0 Å². The van der Waals surface area contributed by atoms with Gasteiger partial charge in [-0.25, -0.2) is 13.8 Å². The minimum absolute atomic E-state index is 0.0752. The lowest BCUT2D eigenvalue weighted by atomic mass is 10.2. The van der Waals surface area contributed by atoms with Crippen molar-refractivity contribution < 1.29 is 17.9 Å². The summed E-state index contributed by atoms with van der Waals surface area (Å²) in [6.45, 7) is 4.09. The predicted octanol–water partition coefficient (Wildman–Crippen LogP) is 4.63. The molecule has 34 heavy (non-hydrogen) atoms. The quantitative estimate of drug-likeness (QED) is 0.251. The van der Waals surface area contributed by atoms with Crippen LogP contribution in [0, 0.1) is 0 Å². The van der Waals surface area contributed by atoms with Crippen LogP contribution >= 0.6 is 11.6 Å². The fourth-order valence-corrected chi connectivity index (χ4v) is 4.07. The average Bonchev–Trinajstić information content (AvgIpc) is 2.82. The van der Waals surface area contributed by atoms with Gasteiger partial charge in [0.15, 0.2) is 0 Å². The number of carbonyl (C=O) groups is 1. The smallest absolute Gasteiger partial charge is 0.271 e. The highest BCUT2D eigenvalue weighted by Gasteiger charge is 2.19. The number of amides is 1. The van der Waals surface area contributed by atoms with Crippen molar-refractivity contribution >= 4 is 39.4 Å². The second-order valence-electron chi connectivity index (χ2n) is 7.28. The zero-order valence-electron chi connectivity index (χ0n) is 18.5. The van der Waals surface area contributed by atoms with Gasteiger partial charge in [-0.1, -0.05) is 42.5 Å². The van der Waals surface area contributed by atoms with Crippen molar-refractivity contribution in [2.75, 3.05) is 17.2 Å². The molecule has 0 unspecified atom stereocenters. The first kappa shape index (κ1) is 25.0. The molecule has 0 bridgehead atoms. The number of nitrogens with one attached hydrogen (secondary N) is 1. The molecule has 0 saturated carbocycles. The molecule has 7 nitrogen and oxygen atoms in total. The van der Waals surface area contributed by atoms with E-state index < -0.39 is 15.9 Å². The van der Waals surface area contributed by atoms with Gasteiger partial charge in [-0.2, -0.15) is 5.10 Å². The molecule has 3 aromatic rings. The van der Waals surface area contributed by atoms with E-state index in [0.717, 1.165) is 11.8 Å². The van der Waals surface area contributed by atoms with E-state index in [1.807, 2.05) is 12.1 Å². The van der Waals surface area contributed by atoms with E-state index in [1.165, 1.54) is 22.7 Å². The number of ether oxygens (including phenoxy) is 1. The topological polar surface area (TPSA) is 88.1 Å². The van der Waals surface area contributed by atoms with E-state index in [9.17, 15) is 13.2 Å². The minimum Gasteiger partial charge on any atom is -0.490 e. The third kappa shape index (κ3) is 6.94. The fraction of sp³-hybridized carbons (Fsp3) is 0.120. The van der Waals surface area contributed by atoms with Gasteiger partial charge in [0.25, 0.3) is 5.91 Å². The summed E-state index contributed by atoms with van der Waals surface area (Å²) in [7, 11) is -3.58. The van der Waals surface area contributed by atoms with E-state index in [0.29, 0.717) is 34.2 Å². The van der Waals surface area contributed by atoms with Gasteiger partial charge in [0, 0.05) is 10.6 Å². The Morgan fingerprint density at radius 2 is 1.76 bits per heavy atom. The van der Waals surface area contributed by atoms with Gasteiger partial charge in [-0.15, -0.1) is 0 Å². The number of hydrogen-bond acceptors (Lipinski definition) is 5. The van der Waals surface area contributed by atoms with E-state index in [1.54, 1.807) is 54.6 Å². The van der Waals surface area contributed by atoms with Gasteiger partial charge in [0.05, 0.1) is 24.7 Å². The minimum atomic E-state index is -3.58. The van der Waals surface area contributed by atoms with Crippen LogP contribution in [-0.2, 0) is 16.6 Å². The van der Waals surface area contributed by atoms with E-state index in [4.69, 9.17) is 16.3 Å². The van der Waals surface area contributed by atoms with E-state index in [-0.39, 0.29) is 6.54 Å². The molecule has 9 heteroatoms. The highest BCUT2D eigenvalue weighted by Crippen LogP contribution is 2.24. The Balaban J connectivity index is 1.66. The van der Waals surface area contributed by atoms with Gasteiger partial charge in [0.2, 0.25) is 10.0 Å². The summed E-state index contributed by atoms with van der Waals surface area (Å²) >= 11 is 6.20. The van der Waals surface area contributed by atoms with Gasteiger partial charge >= 0.3 is 0 Å². The van der Waals surface area contributed by atoms with Crippen LogP contribution in [0.3, 0.4) is 0 Å². The normalized spacial score (nSPS) is 11.2. The SMILES string of the molecule is C=CCOc1ccc(C=NNC(=O)c2ccc(N(Cc3ccccc3Cl)S(C)(=O)=O)cc2)cc1. The number of carbonyl (C=O) groups excluding carboxylic acids is 1. The molecule has 1 amide bonds. The van der Waals surface area contributed by atoms with Crippen LogP contribution < -0.4 is 14.5 Å². The lowest BCUT2D eigenvalue weighted by Crippen LogP contribution is -2.29. The van der Waals surface area contributed by atoms with Gasteiger partial charge < -0.3 is 4.74 Å². The molecule has 0 heterocycles. The summed E-state index contributed by atoms with van der Waals surface area (Å²) in [6.07, 6.45) is 4.30. The van der Waals surface area contributed by atoms with Crippen molar-refractivity contribution in [1.82, 2.24) is 5.43 Å². The Hall–Kier alpha value is -3.62. The number of hydrazone groups is 1. The molecule has 0 aliphatic carbocycles. The maximum Gasteiger partial charge on any atom is 0.271 e. The Kier molecular flexibility index (Phi) is 8.45. The first-order valence-electron chi connectivity index (χ1n) is 10.3. The highest BCUT2D eigenvalue weighted by atomic mass is 35.5. The third-order valence-electron chi connectivity index (χ3n) is 4.72.